The van der Waals surface area contributed by atoms with Crippen molar-refractivity contribution in [3.8, 4) is 28.6 Å². The normalized spacial score (nSPS) is 10.7. The third kappa shape index (κ3) is 9.03. The summed E-state index contributed by atoms with van der Waals surface area (Å²) in [6.07, 6.45) is 0. The van der Waals surface area contributed by atoms with Crippen molar-refractivity contribution in [2.45, 2.75) is 60.2 Å². The van der Waals surface area contributed by atoms with Crippen LogP contribution < -0.4 is 21.8 Å². The van der Waals surface area contributed by atoms with Crippen molar-refractivity contribution in [1.82, 2.24) is 19.6 Å². The average Bonchev–Trinajstić information content (AvgIpc) is 3.19. The van der Waals surface area contributed by atoms with Gasteiger partial charge in [0.1, 0.15) is 22.8 Å². The molecule has 0 saturated carbocycles. The molecule has 4 aromatic carbocycles. The molecule has 0 saturated heterocycles. The molecule has 0 aliphatic heterocycles. The van der Waals surface area contributed by atoms with E-state index in [0.717, 1.165) is 16.7 Å². The van der Waals surface area contributed by atoms with E-state index in [1.807, 2.05) is 88.4 Å². The Balaban J connectivity index is 0.000000214. The van der Waals surface area contributed by atoms with Gasteiger partial charge in [-0.1, -0.05) is 78.9 Å². The molecule has 3 N–H and O–H groups in total. The maximum absolute atomic E-state index is 13.1. The summed E-state index contributed by atoms with van der Waals surface area (Å²) in [7, 11) is 0. The third-order valence-electron chi connectivity index (χ3n) is 8.68. The van der Waals surface area contributed by atoms with E-state index >= 15 is 0 Å². The topological polar surface area (TPSA) is 172 Å². The summed E-state index contributed by atoms with van der Waals surface area (Å²) in [5.41, 5.74) is 4.96. The number of nitrogens with one attached hydrogen (secondary N) is 2. The van der Waals surface area contributed by atoms with Crippen LogP contribution in [0.5, 0.6) is 0 Å². The summed E-state index contributed by atoms with van der Waals surface area (Å²) in [6, 6.07) is 34.2. The second-order valence-electron chi connectivity index (χ2n) is 13.5. The second kappa shape index (κ2) is 17.9. The lowest BCUT2D eigenvalue weighted by atomic mass is 10.0. The minimum atomic E-state index is -0.387. The summed E-state index contributed by atoms with van der Waals surface area (Å²) < 4.78 is 2.75. The number of rotatable bonds is 11. The molecule has 0 amide bonds. The zero-order chi connectivity index (χ0) is 40.5. The minimum absolute atomic E-state index is 0.0630. The highest BCUT2D eigenvalue weighted by atomic mass is 16.3. The second-order valence-corrected chi connectivity index (χ2v) is 13.5. The first-order chi connectivity index (χ1) is 26.8. The highest BCUT2D eigenvalue weighted by Crippen LogP contribution is 2.30. The lowest BCUT2D eigenvalue weighted by Crippen LogP contribution is -2.30. The SMILES string of the molecule is CC(=O)c1c(-c2ccccc2)nn(C(C)C)c(=O)c1Nc1ccc(CO)cc1.CC(=O)c1c(-c2ccccc2)nn(C(C)C)c(=O)c1Nc1cccc(C#N)c1. The summed E-state index contributed by atoms with van der Waals surface area (Å²) in [5, 5.41) is 33.5. The van der Waals surface area contributed by atoms with Gasteiger partial charge in [0.15, 0.2) is 11.6 Å². The fraction of sp³-hybridized carbons (Fsp3) is 0.205. The Morgan fingerprint density at radius 3 is 1.50 bits per heavy atom. The van der Waals surface area contributed by atoms with Crippen LogP contribution in [0, 0.1) is 11.3 Å². The van der Waals surface area contributed by atoms with Crippen LogP contribution in [-0.2, 0) is 6.61 Å². The Bertz CT molecular complexity index is 2520. The molecule has 0 aliphatic rings. The number of carbonyl (C=O) groups is 2. The first kappa shape index (κ1) is 40.2. The zero-order valence-corrected chi connectivity index (χ0v) is 32.1. The molecular weight excluding hydrogens is 707 g/mol. The summed E-state index contributed by atoms with van der Waals surface area (Å²) in [5.74, 6) is -0.507. The Hall–Kier alpha value is -6.97. The number of aliphatic hydroxyl groups is 1. The van der Waals surface area contributed by atoms with Gasteiger partial charge < -0.3 is 15.7 Å². The maximum atomic E-state index is 13.1. The molecule has 0 atom stereocenters. The molecule has 56 heavy (non-hydrogen) atoms. The van der Waals surface area contributed by atoms with Crippen LogP contribution in [0.4, 0.5) is 22.7 Å². The van der Waals surface area contributed by atoms with Crippen LogP contribution in [0.3, 0.4) is 0 Å². The number of benzene rings is 4. The minimum Gasteiger partial charge on any atom is -0.392 e. The van der Waals surface area contributed by atoms with Crippen LogP contribution in [0.2, 0.25) is 0 Å². The zero-order valence-electron chi connectivity index (χ0n) is 32.1. The van der Waals surface area contributed by atoms with Gasteiger partial charge in [0.05, 0.1) is 41.5 Å². The molecular formula is C44H43N7O5. The van der Waals surface area contributed by atoms with Crippen molar-refractivity contribution in [3.63, 3.8) is 0 Å². The van der Waals surface area contributed by atoms with Crippen molar-refractivity contribution < 1.29 is 14.7 Å². The van der Waals surface area contributed by atoms with E-state index in [-0.39, 0.29) is 63.9 Å². The van der Waals surface area contributed by atoms with Crippen molar-refractivity contribution in [1.29, 1.82) is 5.26 Å². The standard InChI is InChI=1S/C22H20N4O2.C22H23N3O3/c1-14(2)26-22(28)21(24-18-11-7-8-16(12-18)13-23)19(15(3)27)20(25-26)17-9-5-4-6-10-17;1-14(2)25-22(28)21(23-18-11-9-16(13-26)10-12-18)19(15(3)27)20(24-25)17-7-5-4-6-8-17/h4-12,14,24H,1-3H3;4-12,14,23,26H,13H2,1-3H3. The molecule has 0 bridgehead atoms. The lowest BCUT2D eigenvalue weighted by Gasteiger charge is -2.18. The molecule has 0 radical (unpaired) electrons. The molecule has 0 aliphatic carbocycles. The molecule has 0 spiro atoms. The average molecular weight is 750 g/mol. The number of aliphatic hydroxyl groups excluding tert-OH is 1. The summed E-state index contributed by atoms with van der Waals surface area (Å²) in [4.78, 5) is 51.2. The van der Waals surface area contributed by atoms with Crippen LogP contribution >= 0.6 is 0 Å². The van der Waals surface area contributed by atoms with Gasteiger partial charge in [0.2, 0.25) is 0 Å². The molecule has 284 valence electrons. The van der Waals surface area contributed by atoms with Crippen LogP contribution in [0.25, 0.3) is 22.5 Å². The molecule has 6 aromatic rings. The highest BCUT2D eigenvalue weighted by molar-refractivity contribution is 6.06. The number of hydrogen-bond donors (Lipinski definition) is 3. The number of ketones is 2. The van der Waals surface area contributed by atoms with Gasteiger partial charge in [0.25, 0.3) is 11.1 Å². The molecule has 6 rings (SSSR count). The lowest BCUT2D eigenvalue weighted by molar-refractivity contribution is 0.101. The predicted molar refractivity (Wildman–Crippen MR) is 219 cm³/mol. The van der Waals surface area contributed by atoms with Gasteiger partial charge in [-0.3, -0.25) is 19.2 Å². The van der Waals surface area contributed by atoms with Crippen molar-refractivity contribution in [3.05, 3.63) is 152 Å². The van der Waals surface area contributed by atoms with Crippen molar-refractivity contribution in [2.24, 2.45) is 0 Å². The molecule has 12 nitrogen and oxygen atoms in total. The Labute approximate surface area is 324 Å². The third-order valence-corrected chi connectivity index (χ3v) is 8.68. The number of anilines is 4. The van der Waals surface area contributed by atoms with Crippen molar-refractivity contribution in [2.75, 3.05) is 10.6 Å². The number of nitriles is 1. The quantitative estimate of drug-likeness (QED) is 0.110. The maximum Gasteiger partial charge on any atom is 0.291 e. The fourth-order valence-corrected chi connectivity index (χ4v) is 5.95. The van der Waals surface area contributed by atoms with Gasteiger partial charge in [-0.25, -0.2) is 9.36 Å². The Morgan fingerprint density at radius 1 is 0.661 bits per heavy atom. The van der Waals surface area contributed by atoms with E-state index in [2.05, 4.69) is 26.9 Å². The van der Waals surface area contributed by atoms with E-state index in [1.54, 1.807) is 48.5 Å². The highest BCUT2D eigenvalue weighted by Gasteiger charge is 2.24. The first-order valence-electron chi connectivity index (χ1n) is 18.0. The van der Waals surface area contributed by atoms with Gasteiger partial charge in [-0.05, 0) is 77.4 Å². The number of nitrogens with zero attached hydrogens (tertiary/aromatic N) is 5. The van der Waals surface area contributed by atoms with E-state index in [9.17, 15) is 24.3 Å². The van der Waals surface area contributed by atoms with Gasteiger partial charge >= 0.3 is 0 Å². The van der Waals surface area contributed by atoms with Crippen molar-refractivity contribution >= 4 is 34.3 Å². The van der Waals surface area contributed by atoms with Crippen LogP contribution in [0.1, 0.15) is 85.5 Å². The molecule has 2 aromatic heterocycles. The van der Waals surface area contributed by atoms with E-state index in [0.29, 0.717) is 28.3 Å². The largest absolute Gasteiger partial charge is 0.392 e. The van der Waals surface area contributed by atoms with Crippen LogP contribution in [-0.4, -0.2) is 36.2 Å². The number of Topliss-reactive ketones (excluding diaryl/α,β-unsaturated/α-hetero) is 2. The van der Waals surface area contributed by atoms with E-state index in [1.165, 1.54) is 23.2 Å². The summed E-state index contributed by atoms with van der Waals surface area (Å²) in [6.45, 7) is 10.2. The van der Waals surface area contributed by atoms with Gasteiger partial charge in [-0.2, -0.15) is 15.5 Å². The monoisotopic (exact) mass is 749 g/mol. The molecule has 2 heterocycles. The first-order valence-corrected chi connectivity index (χ1v) is 18.0. The number of hydrogen-bond acceptors (Lipinski definition) is 10. The fourth-order valence-electron chi connectivity index (χ4n) is 5.95. The molecule has 12 heteroatoms. The van der Waals surface area contributed by atoms with E-state index in [4.69, 9.17) is 5.26 Å². The van der Waals surface area contributed by atoms with E-state index < -0.39 is 0 Å². The van der Waals surface area contributed by atoms with Crippen LogP contribution in [0.15, 0.2) is 119 Å². The predicted octanol–water partition coefficient (Wildman–Crippen LogP) is 8.24. The Morgan fingerprint density at radius 2 is 1.11 bits per heavy atom. The molecule has 0 unspecified atom stereocenters. The Kier molecular flexibility index (Phi) is 12.9. The molecule has 0 fully saturated rings. The summed E-state index contributed by atoms with van der Waals surface area (Å²) >= 11 is 0. The number of aromatic nitrogens is 4. The van der Waals surface area contributed by atoms with Gasteiger partial charge in [0, 0.05) is 22.5 Å². The smallest absolute Gasteiger partial charge is 0.291 e. The van der Waals surface area contributed by atoms with Gasteiger partial charge in [-0.15, -0.1) is 0 Å². The number of carbonyl (C=O) groups excluding carboxylic acids is 2.